The minimum atomic E-state index is -3.61. The first-order chi connectivity index (χ1) is 15.1. The molecule has 0 radical (unpaired) electrons. The van der Waals surface area contributed by atoms with Gasteiger partial charge in [0.25, 0.3) is 10.2 Å². The molecule has 2 N–H and O–H groups in total. The van der Waals surface area contributed by atoms with E-state index in [0.717, 1.165) is 47.3 Å². The first-order valence-electron chi connectivity index (χ1n) is 10.8. The number of rotatable bonds is 10. The third kappa shape index (κ3) is 6.25. The molecule has 3 aromatic rings. The van der Waals surface area contributed by atoms with Crippen molar-refractivity contribution in [3.8, 4) is 11.3 Å². The summed E-state index contributed by atoms with van der Waals surface area (Å²) in [6.07, 6.45) is 2.24. The number of halogens is 1. The van der Waals surface area contributed by atoms with Gasteiger partial charge in [-0.2, -0.15) is 18.2 Å². The van der Waals surface area contributed by atoms with Gasteiger partial charge in [0.05, 0.1) is 16.9 Å². The molecule has 0 fully saturated rings. The Morgan fingerprint density at radius 1 is 1.06 bits per heavy atom. The topological polar surface area (TPSA) is 76.0 Å². The van der Waals surface area contributed by atoms with Crippen LogP contribution in [0.25, 0.3) is 11.3 Å². The molecule has 0 aliphatic rings. The number of nitrogens with zero attached hydrogens (tertiary/aromatic N) is 2. The lowest BCUT2D eigenvalue weighted by molar-refractivity contribution is 0.465. The zero-order valence-electron chi connectivity index (χ0n) is 19.0. The summed E-state index contributed by atoms with van der Waals surface area (Å²) in [4.78, 5) is 0. The zero-order valence-corrected chi connectivity index (χ0v) is 19.8. The van der Waals surface area contributed by atoms with Crippen molar-refractivity contribution in [2.45, 2.75) is 45.6 Å². The Hall–Kier alpha value is -2.55. The van der Waals surface area contributed by atoms with Crippen LogP contribution >= 0.6 is 0 Å². The monoisotopic (exact) mass is 458 g/mol. The fourth-order valence-corrected chi connectivity index (χ4v) is 4.91. The van der Waals surface area contributed by atoms with Crippen LogP contribution in [0.5, 0.6) is 0 Å². The molecular formula is C24H31FN4O2S. The molecule has 0 saturated carbocycles. The van der Waals surface area contributed by atoms with E-state index in [1.165, 1.54) is 12.1 Å². The van der Waals surface area contributed by atoms with Gasteiger partial charge in [-0.25, -0.2) is 9.11 Å². The lowest BCUT2D eigenvalue weighted by atomic mass is 9.93. The molecule has 0 spiro atoms. The molecular weight excluding hydrogens is 427 g/mol. The van der Waals surface area contributed by atoms with Crippen molar-refractivity contribution in [3.05, 3.63) is 77.2 Å². The summed E-state index contributed by atoms with van der Waals surface area (Å²) in [7, 11) is -1.71. The zero-order chi connectivity index (χ0) is 23.4. The smallest absolute Gasteiger partial charge is 0.268 e. The van der Waals surface area contributed by atoms with Crippen LogP contribution in [0.4, 0.5) is 4.39 Å². The molecule has 0 aliphatic heterocycles. The number of benzene rings is 2. The van der Waals surface area contributed by atoms with E-state index >= 15 is 0 Å². The summed E-state index contributed by atoms with van der Waals surface area (Å²) in [5, 5.41) is 4.63. The quantitative estimate of drug-likeness (QED) is 0.481. The Morgan fingerprint density at radius 2 is 1.78 bits per heavy atom. The lowest BCUT2D eigenvalue weighted by Crippen LogP contribution is -2.47. The average Bonchev–Trinajstić information content (AvgIpc) is 3.12. The minimum absolute atomic E-state index is 0.236. The summed E-state index contributed by atoms with van der Waals surface area (Å²) in [5.74, 6) is -0.236. The van der Waals surface area contributed by atoms with E-state index < -0.39 is 15.7 Å². The predicted molar refractivity (Wildman–Crippen MR) is 126 cm³/mol. The van der Waals surface area contributed by atoms with Gasteiger partial charge in [-0.05, 0) is 68.5 Å². The molecule has 8 heteroatoms. The Morgan fingerprint density at radius 3 is 2.47 bits per heavy atom. The minimum Gasteiger partial charge on any atom is -0.268 e. The van der Waals surface area contributed by atoms with Crippen molar-refractivity contribution < 1.29 is 12.8 Å². The molecule has 32 heavy (non-hydrogen) atoms. The van der Waals surface area contributed by atoms with Crippen LogP contribution in [0.15, 0.2) is 54.6 Å². The van der Waals surface area contributed by atoms with Crippen LogP contribution in [0.2, 0.25) is 0 Å². The number of hydrogen-bond donors (Lipinski definition) is 2. The Balaban J connectivity index is 1.77. The van der Waals surface area contributed by atoms with Gasteiger partial charge in [0, 0.05) is 19.2 Å². The molecule has 2 aromatic carbocycles. The summed E-state index contributed by atoms with van der Waals surface area (Å²) in [5.41, 5.74) is 3.97. The first kappa shape index (κ1) is 24.1. The average molecular weight is 459 g/mol. The van der Waals surface area contributed by atoms with Gasteiger partial charge in [-0.15, -0.1) is 0 Å². The molecule has 0 atom stereocenters. The largest absolute Gasteiger partial charge is 0.277 e. The van der Waals surface area contributed by atoms with E-state index in [2.05, 4.69) is 14.5 Å². The molecule has 172 valence electrons. The highest BCUT2D eigenvalue weighted by Crippen LogP contribution is 2.27. The van der Waals surface area contributed by atoms with Crippen LogP contribution < -0.4 is 9.44 Å². The molecule has 0 bridgehead atoms. The van der Waals surface area contributed by atoms with E-state index in [1.807, 2.05) is 62.8 Å². The first-order valence-corrected chi connectivity index (χ1v) is 12.2. The number of aromatic nitrogens is 2. The second kappa shape index (κ2) is 9.94. The van der Waals surface area contributed by atoms with Crippen LogP contribution in [0, 0.1) is 5.82 Å². The van der Waals surface area contributed by atoms with Gasteiger partial charge in [-0.1, -0.05) is 37.3 Å². The third-order valence-corrected chi connectivity index (χ3v) is 6.69. The highest BCUT2D eigenvalue weighted by molar-refractivity contribution is 7.87. The molecule has 6 nitrogen and oxygen atoms in total. The predicted octanol–water partition coefficient (Wildman–Crippen LogP) is 4.08. The highest BCUT2D eigenvalue weighted by Gasteiger charge is 2.27. The number of hydrogen-bond acceptors (Lipinski definition) is 3. The highest BCUT2D eigenvalue weighted by atomic mass is 32.2. The molecule has 1 aromatic heterocycles. The maximum absolute atomic E-state index is 13.1. The van der Waals surface area contributed by atoms with Crippen molar-refractivity contribution in [2.75, 3.05) is 6.54 Å². The second-order valence-corrected chi connectivity index (χ2v) is 9.98. The molecule has 0 amide bonds. The summed E-state index contributed by atoms with van der Waals surface area (Å²) in [6.45, 7) is 5.99. The Kier molecular flexibility index (Phi) is 7.48. The van der Waals surface area contributed by atoms with Crippen LogP contribution in [-0.4, -0.2) is 24.7 Å². The molecule has 0 unspecified atom stereocenters. The van der Waals surface area contributed by atoms with Crippen molar-refractivity contribution in [1.82, 2.24) is 19.2 Å². The molecule has 0 aliphatic carbocycles. The molecule has 3 rings (SSSR count). The maximum atomic E-state index is 13.1. The van der Waals surface area contributed by atoms with E-state index in [4.69, 9.17) is 0 Å². The van der Waals surface area contributed by atoms with E-state index in [0.29, 0.717) is 6.54 Å². The van der Waals surface area contributed by atoms with Crippen LogP contribution in [0.3, 0.4) is 0 Å². The van der Waals surface area contributed by atoms with Crippen LogP contribution in [0.1, 0.15) is 44.0 Å². The van der Waals surface area contributed by atoms with Crippen molar-refractivity contribution in [1.29, 1.82) is 0 Å². The van der Waals surface area contributed by atoms with Gasteiger partial charge >= 0.3 is 0 Å². The van der Waals surface area contributed by atoms with Gasteiger partial charge in [0.15, 0.2) is 0 Å². The summed E-state index contributed by atoms with van der Waals surface area (Å²) in [6, 6.07) is 16.4. The molecule has 1 heterocycles. The number of nitrogens with one attached hydrogen (secondary N) is 2. The maximum Gasteiger partial charge on any atom is 0.277 e. The van der Waals surface area contributed by atoms with Gasteiger partial charge in [0.2, 0.25) is 0 Å². The van der Waals surface area contributed by atoms with E-state index in [1.54, 1.807) is 12.1 Å². The second-order valence-electron chi connectivity index (χ2n) is 8.48. The van der Waals surface area contributed by atoms with Gasteiger partial charge in [-0.3, -0.25) is 4.68 Å². The van der Waals surface area contributed by atoms with Crippen molar-refractivity contribution in [3.63, 3.8) is 0 Å². The Bertz CT molecular complexity index is 1150. The van der Waals surface area contributed by atoms with Crippen LogP contribution in [-0.2, 0) is 35.6 Å². The fraction of sp³-hybridized carbons (Fsp3) is 0.375. The van der Waals surface area contributed by atoms with Gasteiger partial charge in [0.1, 0.15) is 5.82 Å². The molecule has 0 saturated heterocycles. The van der Waals surface area contributed by atoms with E-state index in [9.17, 15) is 12.8 Å². The Labute approximate surface area is 190 Å². The normalized spacial score (nSPS) is 12.3. The lowest BCUT2D eigenvalue weighted by Gasteiger charge is -2.27. The third-order valence-electron chi connectivity index (χ3n) is 5.33. The van der Waals surface area contributed by atoms with Crippen molar-refractivity contribution in [2.24, 2.45) is 7.05 Å². The SMILES string of the molecule is CCCNS(=O)(=O)NC(C)(C)c1cccc(-c2cc(CCc3ccc(F)cc3)nn2C)c1. The van der Waals surface area contributed by atoms with E-state index in [-0.39, 0.29) is 5.82 Å². The fourth-order valence-electron chi connectivity index (χ4n) is 3.58. The summed E-state index contributed by atoms with van der Waals surface area (Å²) < 4.78 is 44.9. The summed E-state index contributed by atoms with van der Waals surface area (Å²) >= 11 is 0. The number of aryl methyl sites for hydroxylation is 3. The van der Waals surface area contributed by atoms with Gasteiger partial charge < -0.3 is 0 Å². The van der Waals surface area contributed by atoms with Crippen molar-refractivity contribution >= 4 is 10.2 Å². The standard InChI is InChI=1S/C24H31FN4O2S/c1-5-15-26-32(30,31)28-24(2,3)20-8-6-7-19(16-20)23-17-22(27-29(23)4)14-11-18-9-12-21(25)13-10-18/h6-10,12-13,16-17,26,28H,5,11,14-15H2,1-4H3.